The van der Waals surface area contributed by atoms with E-state index in [0.29, 0.717) is 0 Å². The van der Waals surface area contributed by atoms with Gasteiger partial charge in [0, 0.05) is 0 Å². The second kappa shape index (κ2) is 4.28. The summed E-state index contributed by atoms with van der Waals surface area (Å²) in [6, 6.07) is 8.73. The lowest BCUT2D eigenvalue weighted by molar-refractivity contribution is 1.04. The van der Waals surface area contributed by atoms with Crippen LogP contribution in [0.25, 0.3) is 5.57 Å². The fourth-order valence-electron chi connectivity index (χ4n) is 1.97. The molecule has 1 aromatic rings. The molecule has 0 amide bonds. The van der Waals surface area contributed by atoms with Crippen LogP contribution in [0.4, 0.5) is 0 Å². The lowest BCUT2D eigenvalue weighted by atomic mass is 9.93. The molecule has 1 aromatic carbocycles. The first-order chi connectivity index (χ1) is 6.92. The highest BCUT2D eigenvalue weighted by molar-refractivity contribution is 5.70. The summed E-state index contributed by atoms with van der Waals surface area (Å²) in [6.07, 6.45) is 10.1. The molecule has 2 rings (SSSR count). The van der Waals surface area contributed by atoms with Gasteiger partial charge in [-0.15, -0.1) is 0 Å². The van der Waals surface area contributed by atoms with Gasteiger partial charge in [0.15, 0.2) is 0 Å². The van der Waals surface area contributed by atoms with Gasteiger partial charge in [0.2, 0.25) is 0 Å². The largest absolute Gasteiger partial charge is 0.0842 e. The molecule has 0 atom stereocenters. The molecule has 0 unspecified atom stereocenters. The number of rotatable bonds is 2. The average Bonchev–Trinajstić information content (AvgIpc) is 2.30. The van der Waals surface area contributed by atoms with E-state index in [9.17, 15) is 0 Å². The van der Waals surface area contributed by atoms with E-state index in [4.69, 9.17) is 0 Å². The average molecular weight is 184 g/mol. The maximum Gasteiger partial charge on any atom is -0.0192 e. The van der Waals surface area contributed by atoms with Crippen LogP contribution in [-0.2, 0) is 6.42 Å². The number of hydrogen-bond donors (Lipinski definition) is 0. The van der Waals surface area contributed by atoms with E-state index in [1.54, 1.807) is 0 Å². The molecule has 0 N–H and O–H groups in total. The highest BCUT2D eigenvalue weighted by atomic mass is 14.1. The Hall–Kier alpha value is -1.30. The minimum absolute atomic E-state index is 1.12. The fourth-order valence-corrected chi connectivity index (χ4v) is 1.97. The van der Waals surface area contributed by atoms with Gasteiger partial charge in [-0.3, -0.25) is 0 Å². The first-order valence-corrected chi connectivity index (χ1v) is 5.36. The summed E-state index contributed by atoms with van der Waals surface area (Å²) >= 11 is 0. The van der Waals surface area contributed by atoms with Gasteiger partial charge >= 0.3 is 0 Å². The quantitative estimate of drug-likeness (QED) is 0.652. The van der Waals surface area contributed by atoms with Crippen molar-refractivity contribution in [1.82, 2.24) is 0 Å². The zero-order chi connectivity index (χ0) is 9.80. The maximum absolute atomic E-state index is 2.25. The molecule has 0 saturated carbocycles. The lowest BCUT2D eigenvalue weighted by Gasteiger charge is -2.12. The van der Waals surface area contributed by atoms with Crippen LogP contribution in [0.15, 0.2) is 42.5 Å². The standard InChI is InChI=1S/C14H16/c1-2-12-8-6-7-11-14(12)13-9-4-3-5-10-13/h3-4,6-9,11H,2,5,10H2,1H3. The summed E-state index contributed by atoms with van der Waals surface area (Å²) in [4.78, 5) is 0. The number of benzene rings is 1. The normalized spacial score (nSPS) is 15.4. The molecule has 0 aliphatic heterocycles. The van der Waals surface area contributed by atoms with Crippen LogP contribution in [0.3, 0.4) is 0 Å². The van der Waals surface area contributed by atoms with Crippen molar-refractivity contribution < 1.29 is 0 Å². The Morgan fingerprint density at radius 1 is 1.21 bits per heavy atom. The Balaban J connectivity index is 2.39. The lowest BCUT2D eigenvalue weighted by Crippen LogP contribution is -1.93. The second-order valence-corrected chi connectivity index (χ2v) is 3.67. The Morgan fingerprint density at radius 2 is 2.07 bits per heavy atom. The molecule has 0 bridgehead atoms. The van der Waals surface area contributed by atoms with Crippen LogP contribution < -0.4 is 0 Å². The van der Waals surface area contributed by atoms with E-state index in [0.717, 1.165) is 6.42 Å². The van der Waals surface area contributed by atoms with Crippen molar-refractivity contribution in [3.8, 4) is 0 Å². The van der Waals surface area contributed by atoms with Crippen LogP contribution in [0.5, 0.6) is 0 Å². The zero-order valence-corrected chi connectivity index (χ0v) is 8.66. The van der Waals surface area contributed by atoms with Crippen LogP contribution in [0.1, 0.15) is 30.9 Å². The third kappa shape index (κ3) is 1.79. The first-order valence-electron chi connectivity index (χ1n) is 5.36. The van der Waals surface area contributed by atoms with Gasteiger partial charge in [-0.2, -0.15) is 0 Å². The van der Waals surface area contributed by atoms with Gasteiger partial charge in [0.05, 0.1) is 0 Å². The number of hydrogen-bond acceptors (Lipinski definition) is 0. The van der Waals surface area contributed by atoms with Crippen LogP contribution in [0.2, 0.25) is 0 Å². The molecular weight excluding hydrogens is 168 g/mol. The molecular formula is C14H16. The van der Waals surface area contributed by atoms with Gasteiger partial charge in [-0.1, -0.05) is 49.4 Å². The van der Waals surface area contributed by atoms with E-state index < -0.39 is 0 Å². The van der Waals surface area contributed by atoms with Crippen molar-refractivity contribution >= 4 is 5.57 Å². The van der Waals surface area contributed by atoms with Gasteiger partial charge in [0.1, 0.15) is 0 Å². The molecule has 1 aliphatic rings. The Kier molecular flexibility index (Phi) is 2.83. The first kappa shape index (κ1) is 9.26. The van der Waals surface area contributed by atoms with Crippen molar-refractivity contribution in [3.63, 3.8) is 0 Å². The van der Waals surface area contributed by atoms with Crippen LogP contribution in [0, 0.1) is 0 Å². The molecule has 1 aliphatic carbocycles. The van der Waals surface area contributed by atoms with E-state index in [1.165, 1.54) is 29.5 Å². The van der Waals surface area contributed by atoms with Gasteiger partial charge in [-0.25, -0.2) is 0 Å². The van der Waals surface area contributed by atoms with Crippen LogP contribution in [-0.4, -0.2) is 0 Å². The molecule has 0 fully saturated rings. The fraction of sp³-hybridized carbons (Fsp3) is 0.286. The predicted octanol–water partition coefficient (Wildman–Crippen LogP) is 3.98. The SMILES string of the molecule is CCc1ccccc1C1=CC=CCC1. The van der Waals surface area contributed by atoms with Crippen molar-refractivity contribution in [1.29, 1.82) is 0 Å². The summed E-state index contributed by atoms with van der Waals surface area (Å²) in [7, 11) is 0. The highest BCUT2D eigenvalue weighted by Crippen LogP contribution is 2.26. The van der Waals surface area contributed by atoms with E-state index >= 15 is 0 Å². The minimum atomic E-state index is 1.12. The zero-order valence-electron chi connectivity index (χ0n) is 8.66. The molecule has 0 radical (unpaired) electrons. The third-order valence-electron chi connectivity index (χ3n) is 2.76. The van der Waals surface area contributed by atoms with Crippen molar-refractivity contribution in [2.24, 2.45) is 0 Å². The summed E-state index contributed by atoms with van der Waals surface area (Å²) in [6.45, 7) is 2.22. The van der Waals surface area contributed by atoms with E-state index in [1.807, 2.05) is 0 Å². The number of aryl methyl sites for hydroxylation is 1. The summed E-state index contributed by atoms with van der Waals surface area (Å²) < 4.78 is 0. The Labute approximate surface area is 86.0 Å². The molecule has 0 nitrogen and oxygen atoms in total. The van der Waals surface area contributed by atoms with Crippen molar-refractivity contribution in [2.45, 2.75) is 26.2 Å². The van der Waals surface area contributed by atoms with Gasteiger partial charge in [-0.05, 0) is 36.0 Å². The van der Waals surface area contributed by atoms with Crippen molar-refractivity contribution in [3.05, 3.63) is 53.6 Å². The highest BCUT2D eigenvalue weighted by Gasteiger charge is 2.06. The summed E-state index contributed by atoms with van der Waals surface area (Å²) in [5.74, 6) is 0. The third-order valence-corrected chi connectivity index (χ3v) is 2.76. The van der Waals surface area contributed by atoms with Crippen molar-refractivity contribution in [2.75, 3.05) is 0 Å². The smallest absolute Gasteiger partial charge is 0.0192 e. The summed E-state index contributed by atoms with van der Waals surface area (Å²) in [5.41, 5.74) is 4.40. The topological polar surface area (TPSA) is 0 Å². The summed E-state index contributed by atoms with van der Waals surface area (Å²) in [5, 5.41) is 0. The molecule has 0 heterocycles. The molecule has 0 spiro atoms. The van der Waals surface area contributed by atoms with E-state index in [-0.39, 0.29) is 0 Å². The second-order valence-electron chi connectivity index (χ2n) is 3.67. The molecule has 72 valence electrons. The van der Waals surface area contributed by atoms with E-state index in [2.05, 4.69) is 49.4 Å². The molecule has 14 heavy (non-hydrogen) atoms. The minimum Gasteiger partial charge on any atom is -0.0842 e. The van der Waals surface area contributed by atoms with Crippen LogP contribution >= 0.6 is 0 Å². The molecule has 0 aromatic heterocycles. The Bertz CT molecular complexity index is 369. The maximum atomic E-state index is 2.25. The van der Waals surface area contributed by atoms with Gasteiger partial charge in [0.25, 0.3) is 0 Å². The van der Waals surface area contributed by atoms with Gasteiger partial charge < -0.3 is 0 Å². The predicted molar refractivity (Wildman–Crippen MR) is 62.2 cm³/mol. The monoisotopic (exact) mass is 184 g/mol. The number of allylic oxidation sites excluding steroid dienone is 4. The molecule has 0 saturated heterocycles. The Morgan fingerprint density at radius 3 is 2.79 bits per heavy atom. The molecule has 0 heteroatoms.